The number of amides is 1. The molecule has 0 aromatic heterocycles. The van der Waals surface area contributed by atoms with E-state index >= 15 is 0 Å². The van der Waals surface area contributed by atoms with Crippen molar-refractivity contribution in [3.05, 3.63) is 71.3 Å². The summed E-state index contributed by atoms with van der Waals surface area (Å²) in [6.45, 7) is 0.604. The Labute approximate surface area is 179 Å². The highest BCUT2D eigenvalue weighted by atomic mass is 16.4. The van der Waals surface area contributed by atoms with Crippen LogP contribution in [0.25, 0.3) is 0 Å². The zero-order chi connectivity index (χ0) is 23.8. The lowest BCUT2D eigenvalue weighted by molar-refractivity contribution is -0.138. The van der Waals surface area contributed by atoms with Gasteiger partial charge in [-0.15, -0.1) is 0 Å². The molecule has 10 nitrogen and oxygen atoms in total. The second kappa shape index (κ2) is 15.1. The van der Waals surface area contributed by atoms with Gasteiger partial charge in [0.05, 0.1) is 11.1 Å². The number of rotatable bonds is 8. The number of carboxylic acid groups (broad SMARTS) is 3. The van der Waals surface area contributed by atoms with E-state index in [9.17, 15) is 19.2 Å². The summed E-state index contributed by atoms with van der Waals surface area (Å²) < 4.78 is 0. The van der Waals surface area contributed by atoms with Crippen LogP contribution in [0.5, 0.6) is 0 Å². The molecule has 0 saturated heterocycles. The minimum atomic E-state index is -1.23. The highest BCUT2D eigenvalue weighted by molar-refractivity contribution is 6.01. The molecule has 2 aromatic rings. The van der Waals surface area contributed by atoms with Crippen LogP contribution in [0.15, 0.2) is 54.6 Å². The predicted molar refractivity (Wildman–Crippen MR) is 114 cm³/mol. The lowest BCUT2D eigenvalue weighted by Crippen LogP contribution is -2.29. The zero-order valence-corrected chi connectivity index (χ0v) is 16.8. The third-order valence-electron chi connectivity index (χ3n) is 3.73. The summed E-state index contributed by atoms with van der Waals surface area (Å²) in [5, 5.41) is 25.4. The Morgan fingerprint density at radius 2 is 1.23 bits per heavy atom. The topological polar surface area (TPSA) is 207 Å². The fourth-order valence-corrected chi connectivity index (χ4v) is 2.09. The molecule has 1 atom stereocenters. The van der Waals surface area contributed by atoms with Crippen molar-refractivity contribution in [2.24, 2.45) is 17.2 Å². The van der Waals surface area contributed by atoms with Gasteiger partial charge >= 0.3 is 17.9 Å². The Hall–Kier alpha value is -3.76. The minimum absolute atomic E-state index is 0.190. The first-order valence-corrected chi connectivity index (χ1v) is 9.20. The molecule has 2 rings (SSSR count). The molecule has 1 amide bonds. The van der Waals surface area contributed by atoms with E-state index < -0.39 is 23.9 Å². The summed E-state index contributed by atoms with van der Waals surface area (Å²) in [6.07, 6.45) is 2.16. The molecule has 0 aliphatic carbocycles. The number of aliphatic carboxylic acids is 1. The summed E-state index contributed by atoms with van der Waals surface area (Å²) >= 11 is 0. The predicted octanol–water partition coefficient (Wildman–Crippen LogP) is 1.40. The van der Waals surface area contributed by atoms with E-state index in [1.165, 1.54) is 24.3 Å². The average molecular weight is 433 g/mol. The van der Waals surface area contributed by atoms with Gasteiger partial charge in [0, 0.05) is 5.56 Å². The van der Waals surface area contributed by atoms with Crippen LogP contribution < -0.4 is 17.2 Å². The first-order chi connectivity index (χ1) is 14.6. The van der Waals surface area contributed by atoms with Crippen LogP contribution in [0, 0.1) is 0 Å². The molecule has 1 unspecified atom stereocenters. The Bertz CT molecular complexity index is 824. The van der Waals surface area contributed by atoms with Crippen LogP contribution in [0.3, 0.4) is 0 Å². The van der Waals surface area contributed by atoms with Crippen molar-refractivity contribution in [1.29, 1.82) is 0 Å². The minimum Gasteiger partial charge on any atom is -0.480 e. The maximum atomic E-state index is 10.5. The van der Waals surface area contributed by atoms with Gasteiger partial charge < -0.3 is 32.5 Å². The SMILES string of the molecule is NC(=O)c1ccccc1.NCCCCC(N)C(=O)O.O=C(O)c1ccccc1C(=O)O. The summed E-state index contributed by atoms with van der Waals surface area (Å²) in [4.78, 5) is 41.5. The van der Waals surface area contributed by atoms with E-state index in [1.807, 2.05) is 6.07 Å². The number of nitrogens with two attached hydrogens (primary N) is 3. The summed E-state index contributed by atoms with van der Waals surface area (Å²) in [6, 6.07) is 13.5. The van der Waals surface area contributed by atoms with Crippen molar-refractivity contribution in [2.45, 2.75) is 25.3 Å². The standard InChI is InChI=1S/C8H6O4.C7H7NO.C6H14N2O2/c9-7(10)5-3-1-2-4-6(5)8(11)12;8-7(9)6-4-2-1-3-5-6;7-4-2-1-3-5(8)6(9)10/h1-4H,(H,9,10)(H,11,12);1-5H,(H2,8,9);5H,1-4,7-8H2,(H,9,10). The fourth-order valence-electron chi connectivity index (χ4n) is 2.09. The molecule has 168 valence electrons. The number of primary amides is 1. The third kappa shape index (κ3) is 11.7. The van der Waals surface area contributed by atoms with Crippen LogP contribution in [0.2, 0.25) is 0 Å². The van der Waals surface area contributed by atoms with E-state index in [-0.39, 0.29) is 17.0 Å². The zero-order valence-electron chi connectivity index (χ0n) is 16.8. The molecule has 9 N–H and O–H groups in total. The van der Waals surface area contributed by atoms with Gasteiger partial charge in [0.2, 0.25) is 5.91 Å². The third-order valence-corrected chi connectivity index (χ3v) is 3.73. The number of benzene rings is 2. The second-order valence-electron chi connectivity index (χ2n) is 6.12. The van der Waals surface area contributed by atoms with Gasteiger partial charge in [-0.1, -0.05) is 36.8 Å². The van der Waals surface area contributed by atoms with Crippen molar-refractivity contribution in [1.82, 2.24) is 0 Å². The lowest BCUT2D eigenvalue weighted by Gasteiger charge is -2.03. The number of aromatic carboxylic acids is 2. The first kappa shape index (κ1) is 27.2. The van der Waals surface area contributed by atoms with Gasteiger partial charge in [-0.3, -0.25) is 9.59 Å². The van der Waals surface area contributed by atoms with E-state index in [2.05, 4.69) is 0 Å². The highest BCUT2D eigenvalue weighted by Gasteiger charge is 2.13. The van der Waals surface area contributed by atoms with Gasteiger partial charge in [-0.25, -0.2) is 9.59 Å². The Balaban J connectivity index is 0.000000441. The van der Waals surface area contributed by atoms with Crippen LogP contribution >= 0.6 is 0 Å². The highest BCUT2D eigenvalue weighted by Crippen LogP contribution is 2.07. The maximum Gasteiger partial charge on any atom is 0.336 e. The van der Waals surface area contributed by atoms with Crippen molar-refractivity contribution in [3.63, 3.8) is 0 Å². The van der Waals surface area contributed by atoms with Crippen molar-refractivity contribution in [3.8, 4) is 0 Å². The van der Waals surface area contributed by atoms with E-state index in [0.29, 0.717) is 18.5 Å². The van der Waals surface area contributed by atoms with Gasteiger partial charge in [0.1, 0.15) is 6.04 Å². The second-order valence-corrected chi connectivity index (χ2v) is 6.12. The van der Waals surface area contributed by atoms with Crippen LogP contribution in [0.1, 0.15) is 50.3 Å². The maximum absolute atomic E-state index is 10.5. The number of carbonyl (C=O) groups is 4. The Morgan fingerprint density at radius 3 is 1.55 bits per heavy atom. The molecule has 0 radical (unpaired) electrons. The molecule has 0 spiro atoms. The number of hydrogen-bond donors (Lipinski definition) is 6. The summed E-state index contributed by atoms with van der Waals surface area (Å²) in [5.41, 5.74) is 15.6. The van der Waals surface area contributed by atoms with Gasteiger partial charge in [-0.05, 0) is 43.7 Å². The van der Waals surface area contributed by atoms with Crippen molar-refractivity contribution >= 4 is 23.8 Å². The summed E-state index contributed by atoms with van der Waals surface area (Å²) in [5.74, 6) is -3.77. The van der Waals surface area contributed by atoms with Gasteiger partial charge in [0.25, 0.3) is 0 Å². The van der Waals surface area contributed by atoms with E-state index in [0.717, 1.165) is 12.8 Å². The largest absolute Gasteiger partial charge is 0.480 e. The molecule has 0 saturated carbocycles. The molecule has 0 heterocycles. The van der Waals surface area contributed by atoms with Gasteiger partial charge in [0.15, 0.2) is 0 Å². The van der Waals surface area contributed by atoms with Crippen LogP contribution in [-0.4, -0.2) is 51.7 Å². The molecule has 0 aliphatic heterocycles. The molecular formula is C21H27N3O7. The van der Waals surface area contributed by atoms with Crippen LogP contribution in [-0.2, 0) is 4.79 Å². The molecule has 0 aliphatic rings. The lowest BCUT2D eigenvalue weighted by atomic mass is 10.1. The smallest absolute Gasteiger partial charge is 0.336 e. The molecular weight excluding hydrogens is 406 g/mol. The molecule has 31 heavy (non-hydrogen) atoms. The summed E-state index contributed by atoms with van der Waals surface area (Å²) in [7, 11) is 0. The normalized spacial score (nSPS) is 10.4. The quantitative estimate of drug-likeness (QED) is 0.332. The van der Waals surface area contributed by atoms with Crippen molar-refractivity contribution < 1.29 is 34.5 Å². The number of carbonyl (C=O) groups excluding carboxylic acids is 1. The number of carboxylic acids is 3. The van der Waals surface area contributed by atoms with E-state index in [4.69, 9.17) is 32.5 Å². The molecule has 0 bridgehead atoms. The Kier molecular flexibility index (Phi) is 13.3. The van der Waals surface area contributed by atoms with E-state index in [1.54, 1.807) is 24.3 Å². The average Bonchev–Trinajstić information content (AvgIpc) is 2.75. The number of hydrogen-bond acceptors (Lipinski definition) is 6. The fraction of sp³-hybridized carbons (Fsp3) is 0.238. The van der Waals surface area contributed by atoms with Crippen LogP contribution in [0.4, 0.5) is 0 Å². The Morgan fingerprint density at radius 1 is 0.774 bits per heavy atom. The monoisotopic (exact) mass is 433 g/mol. The molecule has 0 fully saturated rings. The first-order valence-electron chi connectivity index (χ1n) is 9.20. The van der Waals surface area contributed by atoms with Gasteiger partial charge in [-0.2, -0.15) is 0 Å². The molecule has 2 aromatic carbocycles. The number of unbranched alkanes of at least 4 members (excludes halogenated alkanes) is 1. The molecule has 10 heteroatoms. The van der Waals surface area contributed by atoms with Crippen molar-refractivity contribution in [2.75, 3.05) is 6.54 Å².